The van der Waals surface area contributed by atoms with Crippen LogP contribution in [-0.2, 0) is 16.6 Å². The molecule has 0 saturated carbocycles. The quantitative estimate of drug-likeness (QED) is 0.672. The van der Waals surface area contributed by atoms with Gasteiger partial charge >= 0.3 is 5.97 Å². The van der Waals surface area contributed by atoms with Gasteiger partial charge in [-0.15, -0.1) is 11.8 Å². The number of thioether (sulfide) groups is 1. The van der Waals surface area contributed by atoms with Gasteiger partial charge in [0.25, 0.3) is 0 Å². The summed E-state index contributed by atoms with van der Waals surface area (Å²) in [6.45, 7) is 3.75. The van der Waals surface area contributed by atoms with E-state index in [1.807, 2.05) is 27.0 Å². The van der Waals surface area contributed by atoms with Crippen molar-refractivity contribution < 1.29 is 14.3 Å². The van der Waals surface area contributed by atoms with Crippen LogP contribution in [0.4, 0.5) is 5.69 Å². The Morgan fingerprint density at radius 2 is 2.00 bits per heavy atom. The van der Waals surface area contributed by atoms with Crippen LogP contribution in [0.3, 0.4) is 0 Å². The largest absolute Gasteiger partial charge is 0.465 e. The Morgan fingerprint density at radius 1 is 1.30 bits per heavy atom. The number of nitrogens with one attached hydrogen (secondary N) is 1. The second-order valence-electron chi connectivity index (χ2n) is 4.99. The molecule has 0 aliphatic rings. The molecule has 0 spiro atoms. The van der Waals surface area contributed by atoms with Crippen molar-refractivity contribution >= 4 is 29.3 Å². The molecule has 0 fully saturated rings. The molecule has 1 aromatic heterocycles. The average Bonchev–Trinajstić information content (AvgIpc) is 2.78. The molecular weight excluding hydrogens is 314 g/mol. The Bertz CT molecular complexity index is 740. The van der Waals surface area contributed by atoms with Gasteiger partial charge in [0, 0.05) is 11.9 Å². The van der Waals surface area contributed by atoms with Crippen molar-refractivity contribution in [2.24, 2.45) is 7.05 Å². The lowest BCUT2D eigenvalue weighted by Crippen LogP contribution is -2.15. The first-order valence-electron chi connectivity index (χ1n) is 7.04. The summed E-state index contributed by atoms with van der Waals surface area (Å²) in [5, 5.41) is 7.14. The fraction of sp³-hybridized carbons (Fsp3) is 0.312. The zero-order valence-electron chi connectivity index (χ0n) is 13.5. The molecule has 122 valence electrons. The van der Waals surface area contributed by atoms with Crippen LogP contribution in [0.2, 0.25) is 0 Å². The molecule has 23 heavy (non-hydrogen) atoms. The smallest absolute Gasteiger partial charge is 0.338 e. The predicted octanol–water partition coefficient (Wildman–Crippen LogP) is 2.55. The molecule has 1 heterocycles. The van der Waals surface area contributed by atoms with Gasteiger partial charge in [-0.05, 0) is 26.0 Å². The first-order valence-corrected chi connectivity index (χ1v) is 8.02. The van der Waals surface area contributed by atoms with Crippen LogP contribution in [0, 0.1) is 13.8 Å². The first kappa shape index (κ1) is 17.1. The maximum absolute atomic E-state index is 12.2. The van der Waals surface area contributed by atoms with Gasteiger partial charge in [-0.25, -0.2) is 4.79 Å². The summed E-state index contributed by atoms with van der Waals surface area (Å²) in [5.41, 5.74) is 2.87. The van der Waals surface area contributed by atoms with Gasteiger partial charge in [0.1, 0.15) is 0 Å². The second-order valence-corrected chi connectivity index (χ2v) is 6.01. The Kier molecular flexibility index (Phi) is 5.44. The van der Waals surface area contributed by atoms with E-state index in [2.05, 4.69) is 10.4 Å². The van der Waals surface area contributed by atoms with Crippen molar-refractivity contribution in [2.75, 3.05) is 18.2 Å². The van der Waals surface area contributed by atoms with Crippen LogP contribution >= 0.6 is 11.8 Å². The highest BCUT2D eigenvalue weighted by atomic mass is 32.2. The third-order valence-electron chi connectivity index (χ3n) is 3.42. The lowest BCUT2D eigenvalue weighted by atomic mass is 10.2. The molecule has 6 nitrogen and oxygen atoms in total. The minimum absolute atomic E-state index is 0.145. The number of hydrogen-bond donors (Lipinski definition) is 1. The van der Waals surface area contributed by atoms with Gasteiger partial charge < -0.3 is 10.1 Å². The summed E-state index contributed by atoms with van der Waals surface area (Å²) in [5.74, 6) is -0.358. The zero-order chi connectivity index (χ0) is 17.0. The molecule has 0 saturated heterocycles. The van der Waals surface area contributed by atoms with Crippen LogP contribution in [0.15, 0.2) is 29.2 Å². The maximum Gasteiger partial charge on any atom is 0.338 e. The topological polar surface area (TPSA) is 73.2 Å². The number of aromatic nitrogens is 2. The summed E-state index contributed by atoms with van der Waals surface area (Å²) >= 11 is 1.30. The number of hydrogen-bond acceptors (Lipinski definition) is 5. The molecule has 1 N–H and O–H groups in total. The van der Waals surface area contributed by atoms with Crippen LogP contribution in [0.1, 0.15) is 21.7 Å². The standard InChI is InChI=1S/C16H19N3O3S/c1-10-15(11(2)19(3)18-10)17-14(20)9-23-13-8-6-5-7-12(13)16(21)22-4/h5-8H,9H2,1-4H3,(H,17,20). The number of carbonyl (C=O) groups is 2. The highest BCUT2D eigenvalue weighted by molar-refractivity contribution is 8.00. The van der Waals surface area contributed by atoms with E-state index < -0.39 is 5.97 Å². The van der Waals surface area contributed by atoms with E-state index in [1.165, 1.54) is 18.9 Å². The summed E-state index contributed by atoms with van der Waals surface area (Å²) in [4.78, 5) is 24.6. The highest BCUT2D eigenvalue weighted by Crippen LogP contribution is 2.24. The Morgan fingerprint density at radius 3 is 2.61 bits per heavy atom. The van der Waals surface area contributed by atoms with Gasteiger partial charge in [-0.1, -0.05) is 12.1 Å². The number of carbonyl (C=O) groups excluding carboxylic acids is 2. The number of benzene rings is 1. The lowest BCUT2D eigenvalue weighted by Gasteiger charge is -2.08. The van der Waals surface area contributed by atoms with Crippen LogP contribution in [0.5, 0.6) is 0 Å². The molecule has 2 rings (SSSR count). The normalized spacial score (nSPS) is 10.4. The Balaban J connectivity index is 2.04. The number of aryl methyl sites for hydroxylation is 2. The van der Waals surface area contributed by atoms with Crippen LogP contribution in [-0.4, -0.2) is 34.5 Å². The number of anilines is 1. The SMILES string of the molecule is COC(=O)c1ccccc1SCC(=O)Nc1c(C)nn(C)c1C. The van der Waals surface area contributed by atoms with Gasteiger partial charge in [-0.2, -0.15) is 5.10 Å². The van der Waals surface area contributed by atoms with Gasteiger partial charge in [-0.3, -0.25) is 9.48 Å². The van der Waals surface area contributed by atoms with Gasteiger partial charge in [0.05, 0.1) is 35.5 Å². The zero-order valence-corrected chi connectivity index (χ0v) is 14.4. The van der Waals surface area contributed by atoms with Crippen molar-refractivity contribution in [3.8, 4) is 0 Å². The summed E-state index contributed by atoms with van der Waals surface area (Å²) in [6.07, 6.45) is 0. The highest BCUT2D eigenvalue weighted by Gasteiger charge is 2.15. The number of nitrogens with zero attached hydrogens (tertiary/aromatic N) is 2. The molecule has 0 bridgehead atoms. The Labute approximate surface area is 139 Å². The molecule has 7 heteroatoms. The van der Waals surface area contributed by atoms with Gasteiger partial charge in [0.2, 0.25) is 5.91 Å². The Hall–Kier alpha value is -2.28. The van der Waals surface area contributed by atoms with E-state index in [0.29, 0.717) is 10.5 Å². The molecule has 1 aromatic carbocycles. The van der Waals surface area contributed by atoms with E-state index >= 15 is 0 Å². The molecule has 0 atom stereocenters. The fourth-order valence-electron chi connectivity index (χ4n) is 2.14. The van der Waals surface area contributed by atoms with Crippen LogP contribution in [0.25, 0.3) is 0 Å². The molecule has 0 radical (unpaired) electrons. The van der Waals surface area contributed by atoms with E-state index in [4.69, 9.17) is 4.74 Å². The van der Waals surface area contributed by atoms with Crippen molar-refractivity contribution in [3.63, 3.8) is 0 Å². The van der Waals surface area contributed by atoms with Crippen LogP contribution < -0.4 is 5.32 Å². The van der Waals surface area contributed by atoms with Crippen molar-refractivity contribution in [3.05, 3.63) is 41.2 Å². The number of amides is 1. The summed E-state index contributed by atoms with van der Waals surface area (Å²) in [6, 6.07) is 7.06. The number of methoxy groups -OCH3 is 1. The van der Waals surface area contributed by atoms with Gasteiger partial charge in [0.15, 0.2) is 0 Å². The molecule has 0 aliphatic carbocycles. The van der Waals surface area contributed by atoms with Crippen molar-refractivity contribution in [1.29, 1.82) is 0 Å². The van der Waals surface area contributed by atoms with E-state index in [1.54, 1.807) is 22.9 Å². The molecule has 1 amide bonds. The first-order chi connectivity index (χ1) is 10.9. The molecule has 2 aromatic rings. The summed E-state index contributed by atoms with van der Waals surface area (Å²) < 4.78 is 6.48. The maximum atomic E-state index is 12.2. The number of rotatable bonds is 5. The molecular formula is C16H19N3O3S. The predicted molar refractivity (Wildman–Crippen MR) is 89.8 cm³/mol. The minimum atomic E-state index is -0.410. The third-order valence-corrected chi connectivity index (χ3v) is 4.50. The third kappa shape index (κ3) is 3.92. The molecule has 0 unspecified atom stereocenters. The van der Waals surface area contributed by atoms with Crippen molar-refractivity contribution in [1.82, 2.24) is 9.78 Å². The minimum Gasteiger partial charge on any atom is -0.465 e. The monoisotopic (exact) mass is 333 g/mol. The number of ether oxygens (including phenoxy) is 1. The second kappa shape index (κ2) is 7.32. The van der Waals surface area contributed by atoms with E-state index in [9.17, 15) is 9.59 Å². The number of esters is 1. The fourth-order valence-corrected chi connectivity index (χ4v) is 2.98. The average molecular weight is 333 g/mol. The summed E-state index contributed by atoms with van der Waals surface area (Å²) in [7, 11) is 3.17. The van der Waals surface area contributed by atoms with Crippen molar-refractivity contribution in [2.45, 2.75) is 18.7 Å². The molecule has 0 aliphatic heterocycles. The van der Waals surface area contributed by atoms with E-state index in [0.717, 1.165) is 17.1 Å². The van der Waals surface area contributed by atoms with E-state index in [-0.39, 0.29) is 11.7 Å². The lowest BCUT2D eigenvalue weighted by molar-refractivity contribution is -0.113.